The van der Waals surface area contributed by atoms with E-state index in [0.717, 1.165) is 37.5 Å². The normalized spacial score (nSPS) is 11.2. The minimum atomic E-state index is 0. The van der Waals surface area contributed by atoms with Crippen LogP contribution < -0.4 is 15.4 Å². The van der Waals surface area contributed by atoms with E-state index in [1.165, 1.54) is 22.0 Å². The van der Waals surface area contributed by atoms with E-state index in [2.05, 4.69) is 53.9 Å². The van der Waals surface area contributed by atoms with Gasteiger partial charge < -0.3 is 25.5 Å². The number of nitrogens with zero attached hydrogens (tertiary/aromatic N) is 1. The van der Waals surface area contributed by atoms with Gasteiger partial charge in [0.1, 0.15) is 0 Å². The maximum atomic E-state index is 9.70. The maximum Gasteiger partial charge on any atom is 0.191 e. The van der Waals surface area contributed by atoms with Crippen LogP contribution in [-0.2, 0) is 12.8 Å². The van der Waals surface area contributed by atoms with Gasteiger partial charge in [-0.15, -0.1) is 24.0 Å². The van der Waals surface area contributed by atoms with Crippen LogP contribution in [0.1, 0.15) is 23.6 Å². The molecule has 3 rings (SSSR count). The number of para-hydroxylation sites is 1. The Balaban J connectivity index is 0.00000320. The molecule has 0 bridgehead atoms. The topological polar surface area (TPSA) is 81.7 Å². The lowest BCUT2D eigenvalue weighted by molar-refractivity contribution is 0.373. The Labute approximate surface area is 195 Å². The van der Waals surface area contributed by atoms with Gasteiger partial charge >= 0.3 is 0 Å². The number of halogens is 1. The molecule has 1 heterocycles. The summed E-state index contributed by atoms with van der Waals surface area (Å²) in [6, 6.07) is 11.8. The molecule has 4 N–H and O–H groups in total. The predicted molar refractivity (Wildman–Crippen MR) is 134 cm³/mol. The summed E-state index contributed by atoms with van der Waals surface area (Å²) in [6.07, 6.45) is 3.78. The molecule has 7 heteroatoms. The van der Waals surface area contributed by atoms with Crippen LogP contribution in [0.3, 0.4) is 0 Å². The van der Waals surface area contributed by atoms with Gasteiger partial charge in [0.2, 0.25) is 0 Å². The average molecular weight is 522 g/mol. The maximum absolute atomic E-state index is 9.70. The summed E-state index contributed by atoms with van der Waals surface area (Å²) in [5.74, 6) is 1.47. The molecule has 0 aliphatic heterocycles. The monoisotopic (exact) mass is 522 g/mol. The van der Waals surface area contributed by atoms with Crippen LogP contribution in [0.4, 0.5) is 0 Å². The van der Waals surface area contributed by atoms with Crippen LogP contribution in [0.25, 0.3) is 10.9 Å². The number of aliphatic imine (C=N–C) groups is 1. The Morgan fingerprint density at radius 3 is 2.77 bits per heavy atom. The van der Waals surface area contributed by atoms with Crippen LogP contribution in [0, 0.1) is 6.92 Å². The van der Waals surface area contributed by atoms with Crippen LogP contribution in [0.15, 0.2) is 47.6 Å². The molecule has 0 fully saturated rings. The van der Waals surface area contributed by atoms with Crippen molar-refractivity contribution in [1.82, 2.24) is 15.6 Å². The van der Waals surface area contributed by atoms with E-state index in [0.29, 0.717) is 12.3 Å². The largest absolute Gasteiger partial charge is 0.504 e. The number of hydrogen-bond donors (Lipinski definition) is 4. The second kappa shape index (κ2) is 11.7. The third-order valence-corrected chi connectivity index (χ3v) is 4.96. The highest BCUT2D eigenvalue weighted by molar-refractivity contribution is 14.0. The van der Waals surface area contributed by atoms with Gasteiger partial charge in [0.25, 0.3) is 0 Å². The van der Waals surface area contributed by atoms with Gasteiger partial charge in [-0.2, -0.15) is 0 Å². The lowest BCUT2D eigenvalue weighted by atomic mass is 10.1. The van der Waals surface area contributed by atoms with E-state index < -0.39 is 0 Å². The highest BCUT2D eigenvalue weighted by atomic mass is 127. The molecule has 2 aromatic carbocycles. The van der Waals surface area contributed by atoms with Crippen LogP contribution in [-0.4, -0.2) is 42.8 Å². The quantitative estimate of drug-likeness (QED) is 0.204. The highest BCUT2D eigenvalue weighted by Crippen LogP contribution is 2.26. The Bertz CT molecular complexity index is 984. The molecule has 0 aliphatic carbocycles. The first-order valence-corrected chi connectivity index (χ1v) is 10.1. The summed E-state index contributed by atoms with van der Waals surface area (Å²) in [5.41, 5.74) is 4.86. The Kier molecular flexibility index (Phi) is 9.29. The van der Waals surface area contributed by atoms with E-state index in [9.17, 15) is 5.11 Å². The number of aromatic nitrogens is 1. The average Bonchev–Trinajstić information content (AvgIpc) is 3.14. The standard InChI is InChI=1S/C23H30N4O2.HI/c1-4-24-23(25-12-10-17-8-9-20(28)21(14-17)29-3)26-13-11-18-15-27-22-16(2)6-5-7-19(18)22;/h5-9,14-15,27-28H,4,10-13H2,1-3H3,(H2,24,25,26);1H. The number of aromatic hydroxyl groups is 1. The Morgan fingerprint density at radius 1 is 1.17 bits per heavy atom. The van der Waals surface area contributed by atoms with Crippen molar-refractivity contribution in [1.29, 1.82) is 0 Å². The number of H-pyrrole nitrogens is 1. The fraction of sp³-hybridized carbons (Fsp3) is 0.348. The summed E-state index contributed by atoms with van der Waals surface area (Å²) in [7, 11) is 1.56. The zero-order valence-corrected chi connectivity index (χ0v) is 20.1. The molecule has 30 heavy (non-hydrogen) atoms. The number of fused-ring (bicyclic) bond motifs is 1. The third kappa shape index (κ3) is 6.04. The summed E-state index contributed by atoms with van der Waals surface area (Å²) < 4.78 is 5.17. The molecule has 1 aromatic heterocycles. The minimum Gasteiger partial charge on any atom is -0.504 e. The smallest absolute Gasteiger partial charge is 0.191 e. The molecule has 3 aromatic rings. The van der Waals surface area contributed by atoms with Crippen molar-refractivity contribution in [2.75, 3.05) is 26.7 Å². The van der Waals surface area contributed by atoms with E-state index >= 15 is 0 Å². The third-order valence-electron chi connectivity index (χ3n) is 4.96. The molecule has 0 atom stereocenters. The van der Waals surface area contributed by atoms with E-state index in [-0.39, 0.29) is 29.7 Å². The van der Waals surface area contributed by atoms with Crippen molar-refractivity contribution in [3.05, 3.63) is 59.3 Å². The highest BCUT2D eigenvalue weighted by Gasteiger charge is 2.06. The number of nitrogens with one attached hydrogen (secondary N) is 3. The molecule has 0 aliphatic rings. The number of hydrogen-bond acceptors (Lipinski definition) is 3. The molecule has 162 valence electrons. The van der Waals surface area contributed by atoms with Gasteiger partial charge in [-0.25, -0.2) is 0 Å². The van der Waals surface area contributed by atoms with Crippen molar-refractivity contribution in [2.24, 2.45) is 4.99 Å². The van der Waals surface area contributed by atoms with Crippen molar-refractivity contribution >= 4 is 40.8 Å². The molecule has 0 saturated heterocycles. The lowest BCUT2D eigenvalue weighted by Crippen LogP contribution is -2.38. The second-order valence-corrected chi connectivity index (χ2v) is 7.01. The number of benzene rings is 2. The van der Waals surface area contributed by atoms with Crippen molar-refractivity contribution < 1.29 is 9.84 Å². The number of aryl methyl sites for hydroxylation is 1. The zero-order valence-electron chi connectivity index (χ0n) is 17.8. The van der Waals surface area contributed by atoms with E-state index in [1.54, 1.807) is 13.2 Å². The Morgan fingerprint density at radius 2 is 2.00 bits per heavy atom. The molecule has 0 unspecified atom stereocenters. The summed E-state index contributed by atoms with van der Waals surface area (Å²) >= 11 is 0. The van der Waals surface area contributed by atoms with Gasteiger partial charge in [-0.1, -0.05) is 24.3 Å². The van der Waals surface area contributed by atoms with Gasteiger partial charge in [-0.05, 0) is 55.5 Å². The number of phenols is 1. The van der Waals surface area contributed by atoms with Crippen molar-refractivity contribution in [3.63, 3.8) is 0 Å². The molecular formula is C23H31IN4O2. The predicted octanol–water partition coefficient (Wildman–Crippen LogP) is 4.15. The molecule has 0 radical (unpaired) electrons. The number of phenolic OH excluding ortho intramolecular Hbond substituents is 1. The van der Waals surface area contributed by atoms with Crippen LogP contribution in [0.5, 0.6) is 11.5 Å². The summed E-state index contributed by atoms with van der Waals surface area (Å²) in [6.45, 7) is 6.45. The first kappa shape index (κ1) is 23.9. The second-order valence-electron chi connectivity index (χ2n) is 7.01. The molecular weight excluding hydrogens is 491 g/mol. The Hall–Kier alpha value is -2.42. The van der Waals surface area contributed by atoms with E-state index in [1.807, 2.05) is 12.1 Å². The van der Waals surface area contributed by atoms with Crippen LogP contribution >= 0.6 is 24.0 Å². The summed E-state index contributed by atoms with van der Waals surface area (Å²) in [4.78, 5) is 8.09. The number of ether oxygens (including phenoxy) is 1. The van der Waals surface area contributed by atoms with Gasteiger partial charge in [0.15, 0.2) is 17.5 Å². The zero-order chi connectivity index (χ0) is 20.6. The summed E-state index contributed by atoms with van der Waals surface area (Å²) in [5, 5.41) is 17.6. The van der Waals surface area contributed by atoms with E-state index in [4.69, 9.17) is 9.73 Å². The number of methoxy groups -OCH3 is 1. The lowest BCUT2D eigenvalue weighted by Gasteiger charge is -2.12. The fourth-order valence-corrected chi connectivity index (χ4v) is 3.40. The van der Waals surface area contributed by atoms with Gasteiger partial charge in [-0.3, -0.25) is 4.99 Å². The molecule has 0 saturated carbocycles. The minimum absolute atomic E-state index is 0. The molecule has 6 nitrogen and oxygen atoms in total. The number of guanidine groups is 1. The number of aromatic amines is 1. The fourth-order valence-electron chi connectivity index (χ4n) is 3.40. The first-order valence-electron chi connectivity index (χ1n) is 10.1. The number of rotatable bonds is 8. The van der Waals surface area contributed by atoms with Gasteiger partial charge in [0.05, 0.1) is 7.11 Å². The van der Waals surface area contributed by atoms with Gasteiger partial charge in [0, 0.05) is 36.7 Å². The first-order chi connectivity index (χ1) is 14.1. The SMILES string of the molecule is CCNC(=NCCc1c[nH]c2c(C)cccc12)NCCc1ccc(O)c(OC)c1.I. The molecule has 0 amide bonds. The molecule has 0 spiro atoms. The van der Waals surface area contributed by atoms with Crippen molar-refractivity contribution in [2.45, 2.75) is 26.7 Å². The van der Waals surface area contributed by atoms with Crippen LogP contribution in [0.2, 0.25) is 0 Å². The van der Waals surface area contributed by atoms with Crippen molar-refractivity contribution in [3.8, 4) is 11.5 Å².